The minimum absolute atomic E-state index is 0.756. The van der Waals surface area contributed by atoms with Crippen LogP contribution in [0.3, 0.4) is 0 Å². The van der Waals surface area contributed by atoms with Crippen LogP contribution < -0.4 is 5.32 Å². The molecular weight excluding hydrogens is 226 g/mol. The van der Waals surface area contributed by atoms with E-state index in [4.69, 9.17) is 0 Å². The Labute approximate surface area is 109 Å². The highest BCUT2D eigenvalue weighted by molar-refractivity contribution is 8.00. The zero-order valence-electron chi connectivity index (χ0n) is 11.1. The van der Waals surface area contributed by atoms with Gasteiger partial charge in [-0.3, -0.25) is 0 Å². The van der Waals surface area contributed by atoms with Crippen LogP contribution in [0.15, 0.2) is 23.1 Å². The van der Waals surface area contributed by atoms with Gasteiger partial charge in [0.05, 0.1) is 0 Å². The fourth-order valence-corrected chi connectivity index (χ4v) is 3.73. The molecule has 1 saturated carbocycles. The molecule has 0 bridgehead atoms. The minimum Gasteiger partial charge on any atom is -0.317 e. The van der Waals surface area contributed by atoms with Gasteiger partial charge in [0.1, 0.15) is 0 Å². The third-order valence-corrected chi connectivity index (χ3v) is 5.19. The molecule has 2 rings (SSSR count). The largest absolute Gasteiger partial charge is 0.317 e. The van der Waals surface area contributed by atoms with Crippen molar-refractivity contribution in [2.24, 2.45) is 0 Å². The molecule has 0 unspecified atom stereocenters. The summed E-state index contributed by atoms with van der Waals surface area (Å²) in [6.07, 6.45) is 5.37. The van der Waals surface area contributed by atoms with Crippen LogP contribution in [0.1, 0.15) is 36.8 Å². The van der Waals surface area contributed by atoms with Crippen LogP contribution in [0.4, 0.5) is 0 Å². The molecule has 2 heteroatoms. The normalized spacial score (nSPS) is 24.9. The molecule has 0 aliphatic heterocycles. The van der Waals surface area contributed by atoms with Crippen LogP contribution in [0.5, 0.6) is 0 Å². The highest BCUT2D eigenvalue weighted by Crippen LogP contribution is 2.34. The quantitative estimate of drug-likeness (QED) is 0.871. The van der Waals surface area contributed by atoms with Gasteiger partial charge in [0.15, 0.2) is 0 Å². The molecule has 17 heavy (non-hydrogen) atoms. The van der Waals surface area contributed by atoms with Crippen molar-refractivity contribution in [1.82, 2.24) is 5.32 Å². The molecule has 1 aromatic rings. The summed E-state index contributed by atoms with van der Waals surface area (Å²) in [5, 5.41) is 4.22. The van der Waals surface area contributed by atoms with Gasteiger partial charge in [-0.15, -0.1) is 11.8 Å². The lowest BCUT2D eigenvalue weighted by Crippen LogP contribution is -2.30. The molecular formula is C15H23NS. The minimum atomic E-state index is 0.756. The highest BCUT2D eigenvalue weighted by Gasteiger charge is 2.20. The summed E-state index contributed by atoms with van der Waals surface area (Å²) in [6.45, 7) is 4.39. The molecule has 1 N–H and O–H groups in total. The Balaban J connectivity index is 1.91. The van der Waals surface area contributed by atoms with Crippen LogP contribution in [0.2, 0.25) is 0 Å². The smallest absolute Gasteiger partial charge is 0.00955 e. The van der Waals surface area contributed by atoms with Gasteiger partial charge in [-0.25, -0.2) is 0 Å². The van der Waals surface area contributed by atoms with Crippen molar-refractivity contribution in [1.29, 1.82) is 0 Å². The van der Waals surface area contributed by atoms with E-state index < -0.39 is 0 Å². The van der Waals surface area contributed by atoms with Crippen molar-refractivity contribution in [2.75, 3.05) is 7.05 Å². The number of aryl methyl sites for hydroxylation is 2. The first-order valence-electron chi connectivity index (χ1n) is 6.60. The first-order chi connectivity index (χ1) is 8.19. The number of hydrogen-bond acceptors (Lipinski definition) is 2. The molecule has 94 valence electrons. The van der Waals surface area contributed by atoms with Gasteiger partial charge < -0.3 is 5.32 Å². The lowest BCUT2D eigenvalue weighted by Gasteiger charge is -2.27. The van der Waals surface area contributed by atoms with Gasteiger partial charge in [0, 0.05) is 16.2 Å². The molecule has 0 radical (unpaired) electrons. The number of benzene rings is 1. The van der Waals surface area contributed by atoms with Gasteiger partial charge >= 0.3 is 0 Å². The van der Waals surface area contributed by atoms with Crippen LogP contribution in [0, 0.1) is 13.8 Å². The lowest BCUT2D eigenvalue weighted by molar-refractivity contribution is 0.401. The second-order valence-electron chi connectivity index (χ2n) is 5.13. The third-order valence-electron chi connectivity index (χ3n) is 3.86. The second kappa shape index (κ2) is 5.92. The van der Waals surface area contributed by atoms with E-state index >= 15 is 0 Å². The van der Waals surface area contributed by atoms with E-state index in [0.29, 0.717) is 0 Å². The van der Waals surface area contributed by atoms with Gasteiger partial charge in [0.25, 0.3) is 0 Å². The third kappa shape index (κ3) is 3.49. The van der Waals surface area contributed by atoms with Crippen molar-refractivity contribution in [2.45, 2.75) is 55.7 Å². The topological polar surface area (TPSA) is 12.0 Å². The molecule has 1 aliphatic carbocycles. The maximum absolute atomic E-state index is 3.40. The van der Waals surface area contributed by atoms with Gasteiger partial charge in [-0.05, 0) is 69.8 Å². The van der Waals surface area contributed by atoms with Crippen molar-refractivity contribution >= 4 is 11.8 Å². The van der Waals surface area contributed by atoms with Crippen LogP contribution >= 0.6 is 11.8 Å². The molecule has 0 atom stereocenters. The van der Waals surface area contributed by atoms with Crippen molar-refractivity contribution in [3.05, 3.63) is 29.3 Å². The Morgan fingerprint density at radius 2 is 1.76 bits per heavy atom. The average molecular weight is 249 g/mol. The first-order valence-corrected chi connectivity index (χ1v) is 7.48. The molecule has 0 aromatic heterocycles. The SMILES string of the molecule is CNC1CCC(Sc2ccc(C)c(C)c2)CC1. The zero-order chi connectivity index (χ0) is 12.3. The summed E-state index contributed by atoms with van der Waals surface area (Å²) in [7, 11) is 2.08. The molecule has 0 saturated heterocycles. The standard InChI is InChI=1S/C15H23NS/c1-11-4-7-15(10-12(11)2)17-14-8-5-13(16-3)6-9-14/h4,7,10,13-14,16H,5-6,8-9H2,1-3H3. The Morgan fingerprint density at radius 1 is 1.06 bits per heavy atom. The fourth-order valence-electron chi connectivity index (χ4n) is 2.45. The summed E-state index contributed by atoms with van der Waals surface area (Å²) < 4.78 is 0. The number of thioether (sulfide) groups is 1. The summed E-state index contributed by atoms with van der Waals surface area (Å²) >= 11 is 2.07. The molecule has 1 aromatic carbocycles. The number of nitrogens with one attached hydrogen (secondary N) is 1. The predicted molar refractivity (Wildman–Crippen MR) is 76.9 cm³/mol. The Kier molecular flexibility index (Phi) is 4.52. The zero-order valence-corrected chi connectivity index (χ0v) is 11.9. The van der Waals surface area contributed by atoms with Crippen LogP contribution in [-0.2, 0) is 0 Å². The predicted octanol–water partition coefficient (Wildman–Crippen LogP) is 3.93. The summed E-state index contributed by atoms with van der Waals surface area (Å²) in [5.74, 6) is 0. The van der Waals surface area contributed by atoms with E-state index in [1.54, 1.807) is 0 Å². The van der Waals surface area contributed by atoms with Crippen molar-refractivity contribution in [3.63, 3.8) is 0 Å². The van der Waals surface area contributed by atoms with Crippen molar-refractivity contribution in [3.8, 4) is 0 Å². The van der Waals surface area contributed by atoms with Gasteiger partial charge in [-0.2, -0.15) is 0 Å². The summed E-state index contributed by atoms with van der Waals surface area (Å²) in [6, 6.07) is 7.62. The van der Waals surface area contributed by atoms with E-state index in [0.717, 1.165) is 11.3 Å². The number of hydrogen-bond donors (Lipinski definition) is 1. The van der Waals surface area contributed by atoms with Crippen LogP contribution in [-0.4, -0.2) is 18.3 Å². The van der Waals surface area contributed by atoms with E-state index in [9.17, 15) is 0 Å². The maximum Gasteiger partial charge on any atom is 0.00955 e. The average Bonchev–Trinajstić information content (AvgIpc) is 2.35. The number of rotatable bonds is 3. The lowest BCUT2D eigenvalue weighted by atomic mass is 9.95. The van der Waals surface area contributed by atoms with E-state index in [2.05, 4.69) is 56.2 Å². The summed E-state index contributed by atoms with van der Waals surface area (Å²) in [5.41, 5.74) is 2.81. The van der Waals surface area contributed by atoms with Gasteiger partial charge in [0.2, 0.25) is 0 Å². The molecule has 0 amide bonds. The highest BCUT2D eigenvalue weighted by atomic mass is 32.2. The monoisotopic (exact) mass is 249 g/mol. The molecule has 1 fully saturated rings. The fraction of sp³-hybridized carbons (Fsp3) is 0.600. The Hall–Kier alpha value is -0.470. The second-order valence-corrected chi connectivity index (χ2v) is 6.50. The van der Waals surface area contributed by atoms with Gasteiger partial charge in [-0.1, -0.05) is 6.07 Å². The van der Waals surface area contributed by atoms with Crippen LogP contribution in [0.25, 0.3) is 0 Å². The van der Waals surface area contributed by atoms with E-state index in [1.807, 2.05) is 0 Å². The molecule has 0 spiro atoms. The summed E-state index contributed by atoms with van der Waals surface area (Å²) in [4.78, 5) is 1.45. The Morgan fingerprint density at radius 3 is 2.35 bits per heavy atom. The Bertz CT molecular complexity index is 367. The van der Waals surface area contributed by atoms with Crippen molar-refractivity contribution < 1.29 is 0 Å². The molecule has 1 nitrogen and oxygen atoms in total. The molecule has 1 aliphatic rings. The van der Waals surface area contributed by atoms with E-state index in [1.165, 1.54) is 41.7 Å². The maximum atomic E-state index is 3.40. The van der Waals surface area contributed by atoms with E-state index in [-0.39, 0.29) is 0 Å². The first kappa shape index (κ1) is 13.0. The molecule has 0 heterocycles.